The van der Waals surface area contributed by atoms with Crippen molar-refractivity contribution in [1.82, 2.24) is 10.2 Å². The monoisotopic (exact) mass is 342 g/mol. The summed E-state index contributed by atoms with van der Waals surface area (Å²) in [6.07, 6.45) is 1.46. The van der Waals surface area contributed by atoms with Crippen LogP contribution in [0.2, 0.25) is 0 Å². The second kappa shape index (κ2) is 5.64. The third-order valence-corrected chi connectivity index (χ3v) is 4.66. The van der Waals surface area contributed by atoms with Gasteiger partial charge in [-0.15, -0.1) is 5.10 Å². The summed E-state index contributed by atoms with van der Waals surface area (Å²) >= 11 is 3.23. The second-order valence-corrected chi connectivity index (χ2v) is 6.19. The Kier molecular flexibility index (Phi) is 4.13. The van der Waals surface area contributed by atoms with Gasteiger partial charge in [0.15, 0.2) is 5.82 Å². The molecule has 0 unspecified atom stereocenters. The Labute approximate surface area is 119 Å². The SMILES string of the molecule is NCc1ccc(S(=O)(=O)Nc2cccnn2)c(Br)c1. The van der Waals surface area contributed by atoms with Crippen LogP contribution in [0.25, 0.3) is 0 Å². The number of aromatic nitrogens is 2. The van der Waals surface area contributed by atoms with Gasteiger partial charge in [-0.1, -0.05) is 6.07 Å². The Morgan fingerprint density at radius 1 is 1.32 bits per heavy atom. The summed E-state index contributed by atoms with van der Waals surface area (Å²) in [6.45, 7) is 0.344. The van der Waals surface area contributed by atoms with E-state index in [9.17, 15) is 8.42 Å². The number of hydrogen-bond acceptors (Lipinski definition) is 5. The summed E-state index contributed by atoms with van der Waals surface area (Å²) in [7, 11) is -3.71. The average molecular weight is 343 g/mol. The van der Waals surface area contributed by atoms with Gasteiger partial charge in [0.1, 0.15) is 4.90 Å². The molecule has 0 aliphatic carbocycles. The number of nitrogens with zero attached hydrogens (tertiary/aromatic N) is 2. The summed E-state index contributed by atoms with van der Waals surface area (Å²) in [5.41, 5.74) is 6.34. The molecule has 0 aliphatic heterocycles. The maximum atomic E-state index is 12.2. The zero-order valence-electron chi connectivity index (χ0n) is 9.75. The van der Waals surface area contributed by atoms with Gasteiger partial charge in [-0.25, -0.2) is 8.42 Å². The Morgan fingerprint density at radius 3 is 2.68 bits per heavy atom. The zero-order valence-corrected chi connectivity index (χ0v) is 12.1. The summed E-state index contributed by atoms with van der Waals surface area (Å²) in [5.74, 6) is 0.164. The number of nitrogens with one attached hydrogen (secondary N) is 1. The molecule has 2 rings (SSSR count). The van der Waals surface area contributed by atoms with Crippen molar-refractivity contribution in [1.29, 1.82) is 0 Å². The van der Waals surface area contributed by atoms with Gasteiger partial charge >= 0.3 is 0 Å². The van der Waals surface area contributed by atoms with E-state index in [1.807, 2.05) is 0 Å². The number of sulfonamides is 1. The highest BCUT2D eigenvalue weighted by Gasteiger charge is 2.18. The quantitative estimate of drug-likeness (QED) is 0.877. The fourth-order valence-corrected chi connectivity index (χ4v) is 3.56. The molecule has 0 amide bonds. The van der Waals surface area contributed by atoms with Crippen molar-refractivity contribution in [2.45, 2.75) is 11.4 Å². The molecule has 0 saturated heterocycles. The molecule has 100 valence electrons. The Morgan fingerprint density at radius 2 is 2.11 bits per heavy atom. The van der Waals surface area contributed by atoms with E-state index in [4.69, 9.17) is 5.73 Å². The molecule has 0 aliphatic rings. The highest BCUT2D eigenvalue weighted by Crippen LogP contribution is 2.24. The van der Waals surface area contributed by atoms with Crippen molar-refractivity contribution in [3.05, 3.63) is 46.6 Å². The summed E-state index contributed by atoms with van der Waals surface area (Å²) in [5, 5.41) is 7.28. The van der Waals surface area contributed by atoms with E-state index in [0.717, 1.165) is 5.56 Å². The first-order valence-electron chi connectivity index (χ1n) is 5.32. The predicted octanol–water partition coefficient (Wildman–Crippen LogP) is 1.50. The fraction of sp³-hybridized carbons (Fsp3) is 0.0909. The van der Waals surface area contributed by atoms with Crippen LogP contribution in [0.4, 0.5) is 5.82 Å². The molecule has 0 spiro atoms. The maximum absolute atomic E-state index is 12.2. The minimum Gasteiger partial charge on any atom is -0.326 e. The molecule has 0 saturated carbocycles. The standard InChI is InChI=1S/C11H11BrN4O2S/c12-9-6-8(7-13)3-4-10(9)19(17,18)16-11-2-1-5-14-15-11/h1-6H,7,13H2,(H,15,16). The minimum absolute atomic E-state index is 0.121. The lowest BCUT2D eigenvalue weighted by molar-refractivity contribution is 0.600. The van der Waals surface area contributed by atoms with E-state index in [2.05, 4.69) is 30.8 Å². The molecule has 2 aromatic rings. The zero-order chi connectivity index (χ0) is 13.9. The molecule has 0 radical (unpaired) electrons. The van der Waals surface area contributed by atoms with E-state index >= 15 is 0 Å². The number of hydrogen-bond donors (Lipinski definition) is 2. The molecular formula is C11H11BrN4O2S. The molecule has 1 heterocycles. The lowest BCUT2D eigenvalue weighted by atomic mass is 10.2. The van der Waals surface area contributed by atoms with Crippen molar-refractivity contribution < 1.29 is 8.42 Å². The largest absolute Gasteiger partial charge is 0.326 e. The van der Waals surface area contributed by atoms with E-state index in [1.165, 1.54) is 18.3 Å². The van der Waals surface area contributed by atoms with Crippen LogP contribution in [-0.2, 0) is 16.6 Å². The number of benzene rings is 1. The Hall–Kier alpha value is -1.51. The van der Waals surface area contributed by atoms with Crippen LogP contribution >= 0.6 is 15.9 Å². The highest BCUT2D eigenvalue weighted by molar-refractivity contribution is 9.10. The van der Waals surface area contributed by atoms with Crippen LogP contribution in [0.3, 0.4) is 0 Å². The van der Waals surface area contributed by atoms with Gasteiger partial charge in [0.25, 0.3) is 10.0 Å². The molecule has 0 atom stereocenters. The number of rotatable bonds is 4. The molecule has 19 heavy (non-hydrogen) atoms. The third-order valence-electron chi connectivity index (χ3n) is 2.33. The van der Waals surface area contributed by atoms with Gasteiger partial charge < -0.3 is 5.73 Å². The Balaban J connectivity index is 2.35. The van der Waals surface area contributed by atoms with Gasteiger partial charge in [0, 0.05) is 17.2 Å². The van der Waals surface area contributed by atoms with Gasteiger partial charge in [0.2, 0.25) is 0 Å². The average Bonchev–Trinajstić information content (AvgIpc) is 2.38. The third kappa shape index (κ3) is 3.28. The van der Waals surface area contributed by atoms with Gasteiger partial charge in [0.05, 0.1) is 0 Å². The lowest BCUT2D eigenvalue weighted by Gasteiger charge is -2.09. The predicted molar refractivity (Wildman–Crippen MR) is 74.9 cm³/mol. The van der Waals surface area contributed by atoms with E-state index < -0.39 is 10.0 Å². The normalized spacial score (nSPS) is 11.3. The maximum Gasteiger partial charge on any atom is 0.264 e. The molecule has 0 fully saturated rings. The van der Waals surface area contributed by atoms with Crippen LogP contribution < -0.4 is 10.5 Å². The molecule has 0 bridgehead atoms. The van der Waals surface area contributed by atoms with Crippen LogP contribution in [-0.4, -0.2) is 18.6 Å². The summed E-state index contributed by atoms with van der Waals surface area (Å²) in [6, 6.07) is 7.94. The van der Waals surface area contributed by atoms with Gasteiger partial charge in [-0.3, -0.25) is 4.72 Å². The van der Waals surface area contributed by atoms with Gasteiger partial charge in [-0.05, 0) is 45.8 Å². The lowest BCUT2D eigenvalue weighted by Crippen LogP contribution is -2.15. The van der Waals surface area contributed by atoms with Crippen molar-refractivity contribution >= 4 is 31.8 Å². The second-order valence-electron chi connectivity index (χ2n) is 3.68. The van der Waals surface area contributed by atoms with Crippen LogP contribution in [0.1, 0.15) is 5.56 Å². The summed E-state index contributed by atoms with van der Waals surface area (Å²) in [4.78, 5) is 0.121. The number of anilines is 1. The number of nitrogens with two attached hydrogens (primary N) is 1. The van der Waals surface area contributed by atoms with Crippen molar-refractivity contribution in [2.75, 3.05) is 4.72 Å². The van der Waals surface area contributed by atoms with Crippen LogP contribution in [0.5, 0.6) is 0 Å². The first-order valence-corrected chi connectivity index (χ1v) is 7.59. The van der Waals surface area contributed by atoms with Gasteiger partial charge in [-0.2, -0.15) is 5.10 Å². The van der Waals surface area contributed by atoms with E-state index in [-0.39, 0.29) is 10.7 Å². The molecule has 6 nitrogen and oxygen atoms in total. The fourth-order valence-electron chi connectivity index (χ4n) is 1.44. The smallest absolute Gasteiger partial charge is 0.264 e. The number of halogens is 1. The van der Waals surface area contributed by atoms with E-state index in [1.54, 1.807) is 18.2 Å². The van der Waals surface area contributed by atoms with Crippen molar-refractivity contribution in [3.63, 3.8) is 0 Å². The topological polar surface area (TPSA) is 98.0 Å². The molecule has 8 heteroatoms. The first-order chi connectivity index (χ1) is 9.03. The Bertz CT molecular complexity index is 676. The van der Waals surface area contributed by atoms with E-state index in [0.29, 0.717) is 11.0 Å². The van der Waals surface area contributed by atoms with Crippen LogP contribution in [0.15, 0.2) is 45.9 Å². The molecule has 1 aromatic carbocycles. The minimum atomic E-state index is -3.71. The highest BCUT2D eigenvalue weighted by atomic mass is 79.9. The molecule has 1 aromatic heterocycles. The summed E-state index contributed by atoms with van der Waals surface area (Å²) < 4.78 is 27.2. The van der Waals surface area contributed by atoms with Crippen LogP contribution in [0, 0.1) is 0 Å². The van der Waals surface area contributed by atoms with Crippen molar-refractivity contribution in [2.24, 2.45) is 5.73 Å². The van der Waals surface area contributed by atoms with Crippen molar-refractivity contribution in [3.8, 4) is 0 Å². The molecule has 3 N–H and O–H groups in total. The first kappa shape index (κ1) is 13.9. The molecular weight excluding hydrogens is 332 g/mol.